The van der Waals surface area contributed by atoms with Gasteiger partial charge in [0.2, 0.25) is 0 Å². The summed E-state index contributed by atoms with van der Waals surface area (Å²) >= 11 is 0. The molecule has 24 heavy (non-hydrogen) atoms. The van der Waals surface area contributed by atoms with Crippen molar-refractivity contribution in [2.24, 2.45) is 23.7 Å². The molecule has 2 aliphatic rings. The second-order valence-electron chi connectivity index (χ2n) is 9.34. The Labute approximate surface area is 153 Å². The first kappa shape index (κ1) is 20.3. The highest BCUT2D eigenvalue weighted by atomic mass is 14.3. The van der Waals surface area contributed by atoms with E-state index in [9.17, 15) is 0 Å². The van der Waals surface area contributed by atoms with Crippen LogP contribution >= 0.6 is 0 Å². The summed E-state index contributed by atoms with van der Waals surface area (Å²) in [6.45, 7) is 4.70. The molecular formula is C24H46. The second-order valence-corrected chi connectivity index (χ2v) is 9.34. The van der Waals surface area contributed by atoms with Crippen molar-refractivity contribution < 1.29 is 0 Å². The SMILES string of the molecule is CCCC1CCC(CCCCCCC2CCC(CCC)CC2)CC1. The van der Waals surface area contributed by atoms with Gasteiger partial charge in [-0.3, -0.25) is 0 Å². The van der Waals surface area contributed by atoms with Crippen molar-refractivity contribution in [2.75, 3.05) is 0 Å². The van der Waals surface area contributed by atoms with Gasteiger partial charge in [-0.05, 0) is 23.7 Å². The third-order valence-electron chi connectivity index (χ3n) is 7.30. The van der Waals surface area contributed by atoms with Gasteiger partial charge < -0.3 is 0 Å². The normalized spacial score (nSPS) is 31.2. The zero-order chi connectivity index (χ0) is 17.0. The summed E-state index contributed by atoms with van der Waals surface area (Å²) in [6, 6.07) is 0. The molecule has 0 saturated heterocycles. The summed E-state index contributed by atoms with van der Waals surface area (Å²) in [5, 5.41) is 0. The van der Waals surface area contributed by atoms with E-state index in [1.165, 1.54) is 51.4 Å². The summed E-state index contributed by atoms with van der Waals surface area (Å²) in [7, 11) is 0. The van der Waals surface area contributed by atoms with Gasteiger partial charge in [0.25, 0.3) is 0 Å². The van der Waals surface area contributed by atoms with E-state index >= 15 is 0 Å². The largest absolute Gasteiger partial charge is 0.0654 e. The van der Waals surface area contributed by atoms with E-state index in [0.717, 1.165) is 23.7 Å². The van der Waals surface area contributed by atoms with Crippen molar-refractivity contribution in [3.63, 3.8) is 0 Å². The zero-order valence-corrected chi connectivity index (χ0v) is 17.0. The molecule has 142 valence electrons. The first-order valence-corrected chi connectivity index (χ1v) is 11.8. The lowest BCUT2D eigenvalue weighted by molar-refractivity contribution is 0.242. The molecule has 0 heteroatoms. The van der Waals surface area contributed by atoms with Crippen molar-refractivity contribution in [1.29, 1.82) is 0 Å². The van der Waals surface area contributed by atoms with Crippen LogP contribution in [0.1, 0.15) is 129 Å². The molecule has 0 aromatic heterocycles. The van der Waals surface area contributed by atoms with Crippen LogP contribution in [0.15, 0.2) is 0 Å². The molecule has 2 saturated carbocycles. The minimum atomic E-state index is 1.08. The summed E-state index contributed by atoms with van der Waals surface area (Å²) in [4.78, 5) is 0. The van der Waals surface area contributed by atoms with E-state index in [-0.39, 0.29) is 0 Å². The van der Waals surface area contributed by atoms with Crippen LogP contribution in [0.3, 0.4) is 0 Å². The lowest BCUT2D eigenvalue weighted by Crippen LogP contribution is -2.14. The van der Waals surface area contributed by atoms with Gasteiger partial charge in [0, 0.05) is 0 Å². The Morgan fingerprint density at radius 2 is 0.708 bits per heavy atom. The van der Waals surface area contributed by atoms with Crippen LogP contribution in [-0.4, -0.2) is 0 Å². The maximum Gasteiger partial charge on any atom is -0.0414 e. The molecule has 0 unspecified atom stereocenters. The van der Waals surface area contributed by atoms with Crippen LogP contribution in [0.4, 0.5) is 0 Å². The minimum Gasteiger partial charge on any atom is -0.0654 e. The number of rotatable bonds is 11. The van der Waals surface area contributed by atoms with Crippen LogP contribution in [0.25, 0.3) is 0 Å². The van der Waals surface area contributed by atoms with Crippen molar-refractivity contribution in [3.05, 3.63) is 0 Å². The van der Waals surface area contributed by atoms with Crippen LogP contribution in [-0.2, 0) is 0 Å². The van der Waals surface area contributed by atoms with Gasteiger partial charge in [0.15, 0.2) is 0 Å². The fourth-order valence-corrected chi connectivity index (χ4v) is 5.65. The molecule has 0 N–H and O–H groups in total. The first-order valence-electron chi connectivity index (χ1n) is 11.8. The molecule has 0 amide bonds. The maximum atomic E-state index is 2.35. The van der Waals surface area contributed by atoms with E-state index < -0.39 is 0 Å². The molecule has 0 spiro atoms. The molecule has 2 aliphatic carbocycles. The predicted molar refractivity (Wildman–Crippen MR) is 108 cm³/mol. The quantitative estimate of drug-likeness (QED) is 0.332. The Morgan fingerprint density at radius 3 is 1.00 bits per heavy atom. The van der Waals surface area contributed by atoms with Gasteiger partial charge in [-0.15, -0.1) is 0 Å². The predicted octanol–water partition coefficient (Wildman–Crippen LogP) is 8.54. The summed E-state index contributed by atoms with van der Waals surface area (Å²) in [6.07, 6.45) is 27.3. The Morgan fingerprint density at radius 1 is 0.417 bits per heavy atom. The van der Waals surface area contributed by atoms with Gasteiger partial charge in [-0.25, -0.2) is 0 Å². The average molecular weight is 335 g/mol. The van der Waals surface area contributed by atoms with Crippen molar-refractivity contribution in [3.8, 4) is 0 Å². The van der Waals surface area contributed by atoms with Crippen molar-refractivity contribution >= 4 is 0 Å². The summed E-state index contributed by atoms with van der Waals surface area (Å²) < 4.78 is 0. The molecule has 0 radical (unpaired) electrons. The Hall–Kier alpha value is 0. The summed E-state index contributed by atoms with van der Waals surface area (Å²) in [5.74, 6) is 4.34. The molecule has 0 aromatic rings. The van der Waals surface area contributed by atoms with Gasteiger partial charge >= 0.3 is 0 Å². The van der Waals surface area contributed by atoms with Gasteiger partial charge in [0.1, 0.15) is 0 Å². The van der Waals surface area contributed by atoms with E-state index in [2.05, 4.69) is 13.8 Å². The highest BCUT2D eigenvalue weighted by Gasteiger charge is 2.21. The first-order chi connectivity index (χ1) is 11.8. The molecule has 0 aliphatic heterocycles. The van der Waals surface area contributed by atoms with Crippen molar-refractivity contribution in [1.82, 2.24) is 0 Å². The van der Waals surface area contributed by atoms with Gasteiger partial charge in [-0.1, -0.05) is 129 Å². The molecule has 0 nitrogen and oxygen atoms in total. The lowest BCUT2D eigenvalue weighted by atomic mass is 9.77. The maximum absolute atomic E-state index is 2.35. The zero-order valence-electron chi connectivity index (χ0n) is 17.0. The average Bonchev–Trinajstić information content (AvgIpc) is 2.61. The smallest absolute Gasteiger partial charge is 0.0414 e. The standard InChI is InChI=1S/C24H46/c1-3-9-21-13-17-23(18-14-21)11-7-5-6-8-12-24-19-15-22(10-4-2)16-20-24/h21-24H,3-20H2,1-2H3. The Kier molecular flexibility index (Phi) is 10.5. The molecule has 0 aromatic carbocycles. The Balaban J connectivity index is 1.40. The number of unbranched alkanes of at least 4 members (excludes halogenated alkanes) is 3. The summed E-state index contributed by atoms with van der Waals surface area (Å²) in [5.41, 5.74) is 0. The molecule has 0 heterocycles. The van der Waals surface area contributed by atoms with E-state index in [1.54, 1.807) is 64.2 Å². The van der Waals surface area contributed by atoms with Crippen LogP contribution < -0.4 is 0 Å². The highest BCUT2D eigenvalue weighted by Crippen LogP contribution is 2.35. The molecule has 2 fully saturated rings. The van der Waals surface area contributed by atoms with E-state index in [1.807, 2.05) is 0 Å². The minimum absolute atomic E-state index is 1.08. The highest BCUT2D eigenvalue weighted by molar-refractivity contribution is 4.74. The van der Waals surface area contributed by atoms with Crippen LogP contribution in [0.2, 0.25) is 0 Å². The fraction of sp³-hybridized carbons (Fsp3) is 1.00. The molecular weight excluding hydrogens is 288 g/mol. The number of hydrogen-bond acceptors (Lipinski definition) is 0. The Bertz CT molecular complexity index is 248. The second kappa shape index (κ2) is 12.4. The van der Waals surface area contributed by atoms with Crippen LogP contribution in [0, 0.1) is 23.7 Å². The molecule has 2 rings (SSSR count). The lowest BCUT2D eigenvalue weighted by Gasteiger charge is -2.28. The van der Waals surface area contributed by atoms with E-state index in [0.29, 0.717) is 0 Å². The van der Waals surface area contributed by atoms with Gasteiger partial charge in [-0.2, -0.15) is 0 Å². The molecule has 0 bridgehead atoms. The van der Waals surface area contributed by atoms with Crippen molar-refractivity contribution in [2.45, 2.75) is 129 Å². The van der Waals surface area contributed by atoms with Gasteiger partial charge in [0.05, 0.1) is 0 Å². The topological polar surface area (TPSA) is 0 Å². The molecule has 0 atom stereocenters. The monoisotopic (exact) mass is 334 g/mol. The third kappa shape index (κ3) is 7.92. The number of hydrogen-bond donors (Lipinski definition) is 0. The van der Waals surface area contributed by atoms with Crippen LogP contribution in [0.5, 0.6) is 0 Å². The fourth-order valence-electron chi connectivity index (χ4n) is 5.65. The third-order valence-corrected chi connectivity index (χ3v) is 7.30. The van der Waals surface area contributed by atoms with E-state index in [4.69, 9.17) is 0 Å².